The summed E-state index contributed by atoms with van der Waals surface area (Å²) in [7, 11) is 0. The lowest BCUT2D eigenvalue weighted by Gasteiger charge is -2.27. The van der Waals surface area contributed by atoms with Gasteiger partial charge in [-0.05, 0) is 47.4 Å². The van der Waals surface area contributed by atoms with E-state index in [1.165, 1.54) is 6.20 Å². The van der Waals surface area contributed by atoms with Crippen LogP contribution in [0.5, 0.6) is 0 Å². The fraction of sp³-hybridized carbons (Fsp3) is 0.0455. The molecule has 0 fully saturated rings. The van der Waals surface area contributed by atoms with Crippen molar-refractivity contribution in [2.75, 3.05) is 4.90 Å². The molecular weight excluding hydrogens is 320 g/mol. The first-order valence-electron chi connectivity index (χ1n) is 8.32. The molecule has 26 heavy (non-hydrogen) atoms. The number of anilines is 1. The molecule has 4 heteroatoms. The Morgan fingerprint density at radius 3 is 2.42 bits per heavy atom. The normalized spacial score (nSPS) is 15.6. The van der Waals surface area contributed by atoms with Gasteiger partial charge in [0.2, 0.25) is 0 Å². The van der Waals surface area contributed by atoms with Gasteiger partial charge in [0.05, 0.1) is 11.4 Å². The van der Waals surface area contributed by atoms with Crippen LogP contribution >= 0.6 is 0 Å². The zero-order valence-corrected chi connectivity index (χ0v) is 14.7. The molecule has 0 aromatic heterocycles. The number of hydrogen-bond donors (Lipinski definition) is 3. The highest BCUT2D eigenvalue weighted by molar-refractivity contribution is 5.95. The van der Waals surface area contributed by atoms with Crippen LogP contribution in [-0.4, -0.2) is 5.84 Å². The molecule has 1 heterocycles. The van der Waals surface area contributed by atoms with Crippen molar-refractivity contribution in [3.05, 3.63) is 102 Å². The Morgan fingerprint density at radius 2 is 1.73 bits per heavy atom. The summed E-state index contributed by atoms with van der Waals surface area (Å²) >= 11 is 0. The first kappa shape index (κ1) is 17.3. The molecule has 0 aliphatic carbocycles. The van der Waals surface area contributed by atoms with Gasteiger partial charge in [-0.2, -0.15) is 0 Å². The summed E-state index contributed by atoms with van der Waals surface area (Å²) in [6.07, 6.45) is 7.34. The van der Waals surface area contributed by atoms with Crippen molar-refractivity contribution >= 4 is 23.2 Å². The van der Waals surface area contributed by atoms with Gasteiger partial charge >= 0.3 is 0 Å². The monoisotopic (exact) mass is 342 g/mol. The van der Waals surface area contributed by atoms with E-state index in [0.29, 0.717) is 5.57 Å². The molecule has 1 aliphatic rings. The van der Waals surface area contributed by atoms with Crippen LogP contribution in [0.25, 0.3) is 11.6 Å². The van der Waals surface area contributed by atoms with Gasteiger partial charge < -0.3 is 16.4 Å². The minimum Gasteiger partial charge on any atom is -0.403 e. The van der Waals surface area contributed by atoms with Crippen LogP contribution < -0.4 is 16.4 Å². The molecule has 0 amide bonds. The van der Waals surface area contributed by atoms with Crippen LogP contribution in [-0.2, 0) is 0 Å². The highest BCUT2D eigenvalue weighted by Gasteiger charge is 2.18. The van der Waals surface area contributed by atoms with Crippen molar-refractivity contribution in [2.24, 2.45) is 11.5 Å². The van der Waals surface area contributed by atoms with E-state index >= 15 is 0 Å². The average Bonchev–Trinajstić information content (AvgIpc) is 2.66. The average molecular weight is 342 g/mol. The molecule has 0 radical (unpaired) electrons. The first-order valence-corrected chi connectivity index (χ1v) is 8.32. The van der Waals surface area contributed by atoms with E-state index in [4.69, 9.17) is 16.9 Å². The number of fused-ring (bicyclic) bond motifs is 2. The van der Waals surface area contributed by atoms with Gasteiger partial charge in [0, 0.05) is 18.0 Å². The zero-order valence-electron chi connectivity index (χ0n) is 14.7. The maximum atomic E-state index is 7.63. The smallest absolute Gasteiger partial charge is 0.118 e. The lowest BCUT2D eigenvalue weighted by Crippen LogP contribution is -2.20. The Balaban J connectivity index is 2.22. The van der Waals surface area contributed by atoms with Crippen LogP contribution in [0.15, 0.2) is 84.9 Å². The molecule has 2 aromatic rings. The number of allylic oxidation sites excluding steroid dienone is 1. The third-order valence-electron chi connectivity index (χ3n) is 4.42. The molecule has 0 spiro atoms. The van der Waals surface area contributed by atoms with E-state index in [0.717, 1.165) is 33.6 Å². The van der Waals surface area contributed by atoms with E-state index in [1.807, 2.05) is 47.5 Å². The standard InChI is InChI=1S/C22H22N4/c1-15(22(24)25)13-18(14-23)26-12-11-17-7-3-4-8-19(17)16(2)20-9-5-6-10-21(20)26/h3-14H,2,23H2,1H3,(H3,24,25)/b12-11-,15-13+,18-14+. The molecule has 1 aliphatic heterocycles. The van der Waals surface area contributed by atoms with Crippen molar-refractivity contribution in [1.29, 1.82) is 5.41 Å². The number of amidine groups is 1. The van der Waals surface area contributed by atoms with Crippen LogP contribution in [0.3, 0.4) is 0 Å². The van der Waals surface area contributed by atoms with Crippen molar-refractivity contribution in [2.45, 2.75) is 6.92 Å². The summed E-state index contributed by atoms with van der Waals surface area (Å²) in [4.78, 5) is 1.99. The number of benzene rings is 2. The Morgan fingerprint density at radius 1 is 1.08 bits per heavy atom. The van der Waals surface area contributed by atoms with Crippen molar-refractivity contribution in [3.63, 3.8) is 0 Å². The lowest BCUT2D eigenvalue weighted by molar-refractivity contribution is 1.17. The Kier molecular flexibility index (Phi) is 4.76. The highest BCUT2D eigenvalue weighted by Crippen LogP contribution is 2.36. The number of hydrogen-bond acceptors (Lipinski definition) is 3. The molecule has 3 rings (SSSR count). The van der Waals surface area contributed by atoms with Gasteiger partial charge in [-0.1, -0.05) is 49.0 Å². The predicted molar refractivity (Wildman–Crippen MR) is 110 cm³/mol. The summed E-state index contributed by atoms with van der Waals surface area (Å²) in [5, 5.41) is 7.63. The Hall–Kier alpha value is -3.53. The van der Waals surface area contributed by atoms with E-state index in [-0.39, 0.29) is 5.84 Å². The van der Waals surface area contributed by atoms with E-state index in [2.05, 4.69) is 24.8 Å². The number of para-hydroxylation sites is 1. The molecule has 0 atom stereocenters. The molecule has 5 N–H and O–H groups in total. The Labute approximate surface area is 153 Å². The van der Waals surface area contributed by atoms with E-state index < -0.39 is 0 Å². The molecule has 0 saturated heterocycles. The second-order valence-corrected chi connectivity index (χ2v) is 6.10. The van der Waals surface area contributed by atoms with Crippen LogP contribution in [0.4, 0.5) is 5.69 Å². The minimum atomic E-state index is 0.0171. The third kappa shape index (κ3) is 3.17. The van der Waals surface area contributed by atoms with E-state index in [1.54, 1.807) is 13.0 Å². The Bertz CT molecular complexity index is 964. The number of rotatable bonds is 3. The quantitative estimate of drug-likeness (QED) is 0.444. The maximum absolute atomic E-state index is 7.63. The summed E-state index contributed by atoms with van der Waals surface area (Å²) in [6.45, 7) is 6.12. The second kappa shape index (κ2) is 7.15. The maximum Gasteiger partial charge on any atom is 0.118 e. The molecule has 130 valence electrons. The van der Waals surface area contributed by atoms with Gasteiger partial charge in [0.25, 0.3) is 0 Å². The largest absolute Gasteiger partial charge is 0.403 e. The van der Waals surface area contributed by atoms with Crippen molar-refractivity contribution in [1.82, 2.24) is 0 Å². The van der Waals surface area contributed by atoms with Crippen molar-refractivity contribution in [3.8, 4) is 0 Å². The number of nitrogens with one attached hydrogen (secondary N) is 1. The highest BCUT2D eigenvalue weighted by atomic mass is 15.1. The molecular formula is C22H22N4. The van der Waals surface area contributed by atoms with Crippen LogP contribution in [0, 0.1) is 5.41 Å². The fourth-order valence-electron chi connectivity index (χ4n) is 2.96. The summed E-state index contributed by atoms with van der Waals surface area (Å²) in [6, 6.07) is 16.2. The summed E-state index contributed by atoms with van der Waals surface area (Å²) in [5.41, 5.74) is 18.0. The van der Waals surface area contributed by atoms with Gasteiger partial charge in [-0.3, -0.25) is 5.41 Å². The molecule has 4 nitrogen and oxygen atoms in total. The van der Waals surface area contributed by atoms with Gasteiger partial charge in [0.15, 0.2) is 0 Å². The van der Waals surface area contributed by atoms with Crippen LogP contribution in [0.2, 0.25) is 0 Å². The van der Waals surface area contributed by atoms with Gasteiger partial charge in [0.1, 0.15) is 5.84 Å². The molecule has 0 bridgehead atoms. The van der Waals surface area contributed by atoms with Crippen molar-refractivity contribution < 1.29 is 0 Å². The van der Waals surface area contributed by atoms with Gasteiger partial charge in [-0.15, -0.1) is 0 Å². The second-order valence-electron chi connectivity index (χ2n) is 6.10. The lowest BCUT2D eigenvalue weighted by atomic mass is 9.92. The molecule has 0 unspecified atom stereocenters. The molecule has 2 aromatic carbocycles. The topological polar surface area (TPSA) is 79.1 Å². The number of nitrogens with zero attached hydrogens (tertiary/aromatic N) is 1. The SMILES string of the molecule is C=C1c2ccccc2/C=C\N(C(/C=C(\C)C(=N)N)=C/N)c2ccccc21. The predicted octanol–water partition coefficient (Wildman–Crippen LogP) is 4.22. The molecule has 0 saturated carbocycles. The first-order chi connectivity index (χ1) is 12.5. The zero-order chi connectivity index (χ0) is 18.7. The minimum absolute atomic E-state index is 0.0171. The number of nitrogens with two attached hydrogens (primary N) is 2. The third-order valence-corrected chi connectivity index (χ3v) is 4.42. The van der Waals surface area contributed by atoms with E-state index in [9.17, 15) is 0 Å². The fourth-order valence-corrected chi connectivity index (χ4v) is 2.96. The summed E-state index contributed by atoms with van der Waals surface area (Å²) < 4.78 is 0. The summed E-state index contributed by atoms with van der Waals surface area (Å²) in [5.74, 6) is 0.0171. The van der Waals surface area contributed by atoms with Gasteiger partial charge in [-0.25, -0.2) is 0 Å². The van der Waals surface area contributed by atoms with Crippen LogP contribution in [0.1, 0.15) is 23.6 Å².